The molecule has 0 bridgehead atoms. The topological polar surface area (TPSA) is 68.4 Å². The number of hydrogen-bond acceptors (Lipinski definition) is 5. The molecule has 2 N–H and O–H groups in total. The van der Waals surface area contributed by atoms with E-state index in [1.165, 1.54) is 7.11 Å². The van der Waals surface area contributed by atoms with Crippen molar-refractivity contribution in [2.75, 3.05) is 14.2 Å². The third-order valence-corrected chi connectivity index (χ3v) is 2.94. The first-order chi connectivity index (χ1) is 9.83. The number of nitrogens with one attached hydrogen (secondary N) is 2. The lowest BCUT2D eigenvalue weighted by atomic mass is 10.1. The molecule has 0 radical (unpaired) electrons. The van der Waals surface area contributed by atoms with Gasteiger partial charge in [0.2, 0.25) is 0 Å². The highest BCUT2D eigenvalue weighted by Gasteiger charge is 2.06. The van der Waals surface area contributed by atoms with Gasteiger partial charge in [-0.3, -0.25) is 4.84 Å². The van der Waals surface area contributed by atoms with Gasteiger partial charge in [-0.05, 0) is 48.7 Å². The summed E-state index contributed by atoms with van der Waals surface area (Å²) < 4.78 is 5.37. The van der Waals surface area contributed by atoms with Gasteiger partial charge in [0.1, 0.15) is 5.75 Å². The summed E-state index contributed by atoms with van der Waals surface area (Å²) in [6, 6.07) is 5.65. The molecular weight excluding hydrogens is 258 g/mol. The van der Waals surface area contributed by atoms with E-state index >= 15 is 0 Å². The smallest absolute Gasteiger partial charge is 0.150 e. The van der Waals surface area contributed by atoms with Gasteiger partial charge in [-0.1, -0.05) is 0 Å². The van der Waals surface area contributed by atoms with Crippen molar-refractivity contribution in [3.05, 3.63) is 42.0 Å². The highest BCUT2D eigenvalue weighted by molar-refractivity contribution is 5.40. The first kappa shape index (κ1) is 14.4. The Kier molecular flexibility index (Phi) is 5.40. The van der Waals surface area contributed by atoms with Crippen molar-refractivity contribution < 1.29 is 14.4 Å². The molecule has 0 saturated heterocycles. The second kappa shape index (κ2) is 7.52. The van der Waals surface area contributed by atoms with Crippen molar-refractivity contribution in [1.82, 2.24) is 15.6 Å². The Labute approximate surface area is 118 Å². The standard InChI is InChI=1S/C14H19N3O3/c1-18-14-7-6-13(20-17-19-2)8-11(14)4-3-5-12-9-15-10-16-12/h6-10,17H,3-5H2,1-2H3,(H,15,16). The van der Waals surface area contributed by atoms with E-state index in [4.69, 9.17) is 9.57 Å². The van der Waals surface area contributed by atoms with Crippen LogP contribution in [0, 0.1) is 0 Å². The van der Waals surface area contributed by atoms with Crippen molar-refractivity contribution >= 4 is 0 Å². The fraction of sp³-hybridized carbons (Fsp3) is 0.357. The predicted molar refractivity (Wildman–Crippen MR) is 74.4 cm³/mol. The summed E-state index contributed by atoms with van der Waals surface area (Å²) in [5.74, 6) is 1.54. The fourth-order valence-electron chi connectivity index (χ4n) is 1.99. The minimum absolute atomic E-state index is 0.684. The van der Waals surface area contributed by atoms with Crippen LogP contribution in [0.15, 0.2) is 30.7 Å². The normalized spacial score (nSPS) is 10.5. The Hall–Kier alpha value is -2.05. The number of nitrogens with zero attached hydrogens (tertiary/aromatic N) is 1. The maximum atomic E-state index is 5.37. The van der Waals surface area contributed by atoms with Crippen molar-refractivity contribution in [1.29, 1.82) is 0 Å². The molecule has 0 aliphatic heterocycles. The lowest BCUT2D eigenvalue weighted by Crippen LogP contribution is -2.16. The minimum Gasteiger partial charge on any atom is -0.496 e. The van der Waals surface area contributed by atoms with E-state index in [-0.39, 0.29) is 0 Å². The zero-order valence-electron chi connectivity index (χ0n) is 11.7. The molecule has 0 amide bonds. The number of imidazole rings is 1. The SMILES string of the molecule is CONOc1ccc(OC)c(CCCc2cnc[nH]2)c1. The minimum atomic E-state index is 0.684. The number of H-pyrrole nitrogens is 1. The zero-order chi connectivity index (χ0) is 14.2. The second-order valence-corrected chi connectivity index (χ2v) is 4.29. The highest BCUT2D eigenvalue weighted by Crippen LogP contribution is 2.25. The van der Waals surface area contributed by atoms with Gasteiger partial charge in [0.15, 0.2) is 5.75 Å². The monoisotopic (exact) mass is 277 g/mol. The van der Waals surface area contributed by atoms with E-state index in [1.807, 2.05) is 24.4 Å². The van der Waals surface area contributed by atoms with Crippen LogP contribution in [0.4, 0.5) is 0 Å². The molecule has 1 aromatic heterocycles. The summed E-state index contributed by atoms with van der Waals surface area (Å²) in [7, 11) is 3.16. The summed E-state index contributed by atoms with van der Waals surface area (Å²) in [5, 5.41) is 0. The van der Waals surface area contributed by atoms with Gasteiger partial charge in [-0.2, -0.15) is 0 Å². The van der Waals surface area contributed by atoms with Crippen molar-refractivity contribution in [2.45, 2.75) is 19.3 Å². The van der Waals surface area contributed by atoms with Gasteiger partial charge < -0.3 is 14.6 Å². The average Bonchev–Trinajstić information content (AvgIpc) is 2.98. The number of aromatic amines is 1. The molecule has 0 unspecified atom stereocenters. The predicted octanol–water partition coefficient (Wildman–Crippen LogP) is 2.04. The fourth-order valence-corrected chi connectivity index (χ4v) is 1.99. The summed E-state index contributed by atoms with van der Waals surface area (Å²) in [5.41, 5.74) is 4.59. The molecular formula is C14H19N3O3. The van der Waals surface area contributed by atoms with Crippen molar-refractivity contribution in [2.24, 2.45) is 0 Å². The van der Waals surface area contributed by atoms with Crippen LogP contribution in [0.25, 0.3) is 0 Å². The summed E-state index contributed by atoms with van der Waals surface area (Å²) in [6.07, 6.45) is 6.39. The number of benzene rings is 1. The van der Waals surface area contributed by atoms with Crippen LogP contribution in [-0.4, -0.2) is 24.2 Å². The molecule has 20 heavy (non-hydrogen) atoms. The second-order valence-electron chi connectivity index (χ2n) is 4.29. The molecule has 6 nitrogen and oxygen atoms in total. The van der Waals surface area contributed by atoms with Crippen LogP contribution in [0.1, 0.15) is 17.7 Å². The highest BCUT2D eigenvalue weighted by atomic mass is 16.9. The molecule has 0 atom stereocenters. The van der Waals surface area contributed by atoms with Crippen LogP contribution < -0.4 is 15.2 Å². The molecule has 1 heterocycles. The van der Waals surface area contributed by atoms with Gasteiger partial charge in [-0.25, -0.2) is 4.98 Å². The van der Waals surface area contributed by atoms with Gasteiger partial charge in [0.25, 0.3) is 0 Å². The van der Waals surface area contributed by atoms with Gasteiger partial charge in [-0.15, -0.1) is 0 Å². The van der Waals surface area contributed by atoms with Crippen molar-refractivity contribution in [3.8, 4) is 11.5 Å². The van der Waals surface area contributed by atoms with Crippen LogP contribution >= 0.6 is 0 Å². The molecule has 6 heteroatoms. The average molecular weight is 277 g/mol. The molecule has 0 saturated carbocycles. The number of aromatic nitrogens is 2. The first-order valence-corrected chi connectivity index (χ1v) is 6.42. The van der Waals surface area contributed by atoms with E-state index in [9.17, 15) is 0 Å². The summed E-state index contributed by atoms with van der Waals surface area (Å²) >= 11 is 0. The van der Waals surface area contributed by atoms with Gasteiger partial charge in [0.05, 0.1) is 20.5 Å². The maximum absolute atomic E-state index is 5.37. The first-order valence-electron chi connectivity index (χ1n) is 6.42. The third-order valence-electron chi connectivity index (χ3n) is 2.94. The van der Waals surface area contributed by atoms with E-state index in [0.29, 0.717) is 5.75 Å². The molecule has 0 spiro atoms. The van der Waals surface area contributed by atoms with Gasteiger partial charge in [0, 0.05) is 11.9 Å². The Morgan fingerprint density at radius 2 is 2.15 bits per heavy atom. The van der Waals surface area contributed by atoms with E-state index < -0.39 is 0 Å². The van der Waals surface area contributed by atoms with Crippen molar-refractivity contribution in [3.63, 3.8) is 0 Å². The van der Waals surface area contributed by atoms with Crippen LogP contribution in [-0.2, 0) is 17.7 Å². The Morgan fingerprint density at radius 3 is 2.85 bits per heavy atom. The van der Waals surface area contributed by atoms with E-state index in [0.717, 1.165) is 36.3 Å². The number of rotatable bonds is 8. The molecule has 2 rings (SSSR count). The van der Waals surface area contributed by atoms with Crippen LogP contribution in [0.2, 0.25) is 0 Å². The van der Waals surface area contributed by atoms with E-state index in [2.05, 4.69) is 20.4 Å². The zero-order valence-corrected chi connectivity index (χ0v) is 11.7. The van der Waals surface area contributed by atoms with Gasteiger partial charge >= 0.3 is 0 Å². The summed E-state index contributed by atoms with van der Waals surface area (Å²) in [6.45, 7) is 0. The molecule has 1 aromatic carbocycles. The Balaban J connectivity index is 1.96. The summed E-state index contributed by atoms with van der Waals surface area (Å²) in [4.78, 5) is 17.0. The number of ether oxygens (including phenoxy) is 1. The molecule has 108 valence electrons. The molecule has 0 fully saturated rings. The third kappa shape index (κ3) is 3.97. The number of hydrogen-bond donors (Lipinski definition) is 2. The Morgan fingerprint density at radius 1 is 1.25 bits per heavy atom. The maximum Gasteiger partial charge on any atom is 0.150 e. The molecule has 2 aromatic rings. The lowest BCUT2D eigenvalue weighted by molar-refractivity contribution is -0.0797. The van der Waals surface area contributed by atoms with Crippen LogP contribution in [0.5, 0.6) is 11.5 Å². The molecule has 0 aliphatic rings. The number of aryl methyl sites for hydroxylation is 2. The van der Waals surface area contributed by atoms with E-state index in [1.54, 1.807) is 13.4 Å². The largest absolute Gasteiger partial charge is 0.496 e. The number of methoxy groups -OCH3 is 1. The molecule has 0 aliphatic carbocycles. The lowest BCUT2D eigenvalue weighted by Gasteiger charge is -2.11. The Bertz CT molecular complexity index is 514. The quantitative estimate of drug-likeness (QED) is 0.723. The van der Waals surface area contributed by atoms with Crippen LogP contribution in [0.3, 0.4) is 0 Å².